The van der Waals surface area contributed by atoms with Gasteiger partial charge in [-0.05, 0) is 36.6 Å². The number of hydrogen-bond acceptors (Lipinski definition) is 6. The van der Waals surface area contributed by atoms with Gasteiger partial charge in [0.25, 0.3) is 0 Å². The van der Waals surface area contributed by atoms with Crippen LogP contribution in [0.25, 0.3) is 0 Å². The molecule has 3 rings (SSSR count). The van der Waals surface area contributed by atoms with E-state index in [0.29, 0.717) is 12.4 Å². The number of methoxy groups -OCH3 is 2. The third kappa shape index (κ3) is 7.49. The first kappa shape index (κ1) is 27.2. The Morgan fingerprint density at radius 2 is 1.85 bits per heavy atom. The maximum atomic E-state index is 5.84. The molecule has 1 aliphatic rings. The van der Waals surface area contributed by atoms with Crippen molar-refractivity contribution in [2.24, 2.45) is 4.99 Å². The number of fused-ring (bicyclic) bond motifs is 1. The monoisotopic (exact) mass is 571 g/mol. The number of nitrogens with zero attached hydrogens (tertiary/aromatic N) is 3. The molecular formula is C24H38IN5O3. The summed E-state index contributed by atoms with van der Waals surface area (Å²) >= 11 is 0. The van der Waals surface area contributed by atoms with Gasteiger partial charge in [0.05, 0.1) is 20.4 Å². The second-order valence-electron chi connectivity index (χ2n) is 8.99. The molecule has 0 unspecified atom stereocenters. The summed E-state index contributed by atoms with van der Waals surface area (Å²) < 4.78 is 16.7. The third-order valence-electron chi connectivity index (χ3n) is 5.53. The molecule has 0 radical (unpaired) electrons. The van der Waals surface area contributed by atoms with Crippen LogP contribution < -0.4 is 20.1 Å². The molecule has 2 heterocycles. The van der Waals surface area contributed by atoms with Crippen LogP contribution >= 0.6 is 24.0 Å². The van der Waals surface area contributed by atoms with Crippen molar-refractivity contribution in [2.75, 3.05) is 40.4 Å². The van der Waals surface area contributed by atoms with Gasteiger partial charge in [0.1, 0.15) is 12.3 Å². The fourth-order valence-corrected chi connectivity index (χ4v) is 3.68. The van der Waals surface area contributed by atoms with Crippen LogP contribution in [0.4, 0.5) is 0 Å². The van der Waals surface area contributed by atoms with Gasteiger partial charge in [0.15, 0.2) is 17.5 Å². The van der Waals surface area contributed by atoms with E-state index in [1.165, 1.54) is 11.1 Å². The summed E-state index contributed by atoms with van der Waals surface area (Å²) in [5, 5.41) is 6.71. The Hall–Kier alpha value is -2.01. The summed E-state index contributed by atoms with van der Waals surface area (Å²) in [4.78, 5) is 11.4. The fourth-order valence-electron chi connectivity index (χ4n) is 3.68. The smallest absolute Gasteiger partial charge is 0.216 e. The minimum Gasteiger partial charge on any atom is -0.493 e. The van der Waals surface area contributed by atoms with E-state index in [4.69, 9.17) is 13.9 Å². The molecule has 1 aromatic carbocycles. The molecule has 0 saturated heterocycles. The Morgan fingerprint density at radius 1 is 1.15 bits per heavy atom. The van der Waals surface area contributed by atoms with Crippen molar-refractivity contribution >= 4 is 29.9 Å². The van der Waals surface area contributed by atoms with Gasteiger partial charge >= 0.3 is 0 Å². The van der Waals surface area contributed by atoms with Crippen molar-refractivity contribution in [3.8, 4) is 11.5 Å². The molecule has 0 amide bonds. The molecule has 2 aromatic rings. The van der Waals surface area contributed by atoms with Crippen LogP contribution in [0.2, 0.25) is 0 Å². The van der Waals surface area contributed by atoms with Gasteiger partial charge in [0.2, 0.25) is 5.89 Å². The van der Waals surface area contributed by atoms with E-state index >= 15 is 0 Å². The Labute approximate surface area is 214 Å². The summed E-state index contributed by atoms with van der Waals surface area (Å²) in [5.74, 6) is 3.86. The average Bonchev–Trinajstić information content (AvgIpc) is 3.26. The number of oxazole rings is 1. The highest BCUT2D eigenvalue weighted by molar-refractivity contribution is 14.0. The van der Waals surface area contributed by atoms with Gasteiger partial charge in [-0.3, -0.25) is 4.90 Å². The Balaban J connectivity index is 0.00000385. The summed E-state index contributed by atoms with van der Waals surface area (Å²) in [6, 6.07) is 4.20. The number of aromatic nitrogens is 1. The van der Waals surface area contributed by atoms with Crippen LogP contribution in [0.15, 0.2) is 27.7 Å². The summed E-state index contributed by atoms with van der Waals surface area (Å²) in [7, 11) is 3.36. The van der Waals surface area contributed by atoms with E-state index in [9.17, 15) is 0 Å². The minimum atomic E-state index is -0.0556. The van der Waals surface area contributed by atoms with Crippen LogP contribution in [0.5, 0.6) is 11.5 Å². The highest BCUT2D eigenvalue weighted by Gasteiger charge is 2.20. The summed E-state index contributed by atoms with van der Waals surface area (Å²) in [5.41, 5.74) is 2.58. The lowest BCUT2D eigenvalue weighted by Crippen LogP contribution is -2.42. The highest BCUT2D eigenvalue weighted by Crippen LogP contribution is 2.33. The van der Waals surface area contributed by atoms with Crippen molar-refractivity contribution < 1.29 is 13.9 Å². The SMILES string of the molecule is CCNC(=NCc1ncc(C(C)(C)C)o1)NCCN1CCc2cc(OC)c(OC)cc2C1.I. The quantitative estimate of drug-likeness (QED) is 0.284. The zero-order valence-electron chi connectivity index (χ0n) is 20.7. The molecule has 0 spiro atoms. The number of benzene rings is 1. The Bertz CT molecular complexity index is 923. The number of ether oxygens (including phenoxy) is 2. The van der Waals surface area contributed by atoms with E-state index in [-0.39, 0.29) is 29.4 Å². The number of rotatable bonds is 8. The molecule has 0 saturated carbocycles. The standard InChI is InChI=1S/C24H37N5O3.HI/c1-7-25-23(28-15-22-27-14-21(32-22)24(2,3)4)26-9-11-29-10-8-17-12-19(30-5)20(31-6)13-18(17)16-29;/h12-14H,7-11,15-16H2,1-6H3,(H2,25,26,28);1H. The largest absolute Gasteiger partial charge is 0.493 e. The first-order valence-corrected chi connectivity index (χ1v) is 11.3. The topological polar surface area (TPSA) is 84.2 Å². The molecule has 9 heteroatoms. The lowest BCUT2D eigenvalue weighted by Gasteiger charge is -2.29. The molecule has 2 N–H and O–H groups in total. The molecule has 0 aliphatic carbocycles. The molecule has 0 bridgehead atoms. The minimum absolute atomic E-state index is 0. The second kappa shape index (κ2) is 12.5. The molecule has 1 aromatic heterocycles. The van der Waals surface area contributed by atoms with Crippen LogP contribution in [-0.4, -0.2) is 56.2 Å². The molecule has 184 valence electrons. The van der Waals surface area contributed by atoms with E-state index in [2.05, 4.69) is 65.3 Å². The maximum absolute atomic E-state index is 5.84. The first-order valence-electron chi connectivity index (χ1n) is 11.3. The lowest BCUT2D eigenvalue weighted by molar-refractivity contribution is 0.256. The number of hydrogen-bond donors (Lipinski definition) is 2. The first-order chi connectivity index (χ1) is 15.3. The number of guanidine groups is 1. The van der Waals surface area contributed by atoms with Crippen LogP contribution in [0, 0.1) is 0 Å². The van der Waals surface area contributed by atoms with Crippen LogP contribution in [0.1, 0.15) is 50.5 Å². The van der Waals surface area contributed by atoms with Crippen molar-refractivity contribution in [2.45, 2.75) is 52.6 Å². The maximum Gasteiger partial charge on any atom is 0.216 e. The van der Waals surface area contributed by atoms with E-state index in [1.54, 1.807) is 20.4 Å². The molecule has 33 heavy (non-hydrogen) atoms. The summed E-state index contributed by atoms with van der Waals surface area (Å²) in [6.45, 7) is 13.2. The zero-order valence-corrected chi connectivity index (χ0v) is 23.0. The molecule has 0 atom stereocenters. The normalized spacial score (nSPS) is 14.3. The molecular weight excluding hydrogens is 533 g/mol. The van der Waals surface area contributed by atoms with E-state index < -0.39 is 0 Å². The predicted molar refractivity (Wildman–Crippen MR) is 142 cm³/mol. The van der Waals surface area contributed by atoms with Crippen molar-refractivity contribution in [3.63, 3.8) is 0 Å². The van der Waals surface area contributed by atoms with Crippen LogP contribution in [0.3, 0.4) is 0 Å². The van der Waals surface area contributed by atoms with Crippen LogP contribution in [-0.2, 0) is 24.9 Å². The molecule has 0 fully saturated rings. The number of halogens is 1. The number of nitrogens with one attached hydrogen (secondary N) is 2. The zero-order chi connectivity index (χ0) is 23.1. The molecule has 8 nitrogen and oxygen atoms in total. The molecule has 1 aliphatic heterocycles. The van der Waals surface area contributed by atoms with Crippen molar-refractivity contribution in [1.29, 1.82) is 0 Å². The van der Waals surface area contributed by atoms with Gasteiger partial charge < -0.3 is 24.5 Å². The third-order valence-corrected chi connectivity index (χ3v) is 5.53. The Kier molecular flexibility index (Phi) is 10.3. The van der Waals surface area contributed by atoms with Gasteiger partial charge in [-0.2, -0.15) is 0 Å². The second-order valence-corrected chi connectivity index (χ2v) is 8.99. The van der Waals surface area contributed by atoms with Gasteiger partial charge in [-0.1, -0.05) is 20.8 Å². The fraction of sp³-hybridized carbons (Fsp3) is 0.583. The van der Waals surface area contributed by atoms with Gasteiger partial charge in [-0.15, -0.1) is 24.0 Å². The van der Waals surface area contributed by atoms with Gasteiger partial charge in [-0.25, -0.2) is 9.98 Å². The van der Waals surface area contributed by atoms with Crippen molar-refractivity contribution in [1.82, 2.24) is 20.5 Å². The lowest BCUT2D eigenvalue weighted by atomic mass is 9.94. The van der Waals surface area contributed by atoms with E-state index in [1.807, 2.05) is 0 Å². The number of aliphatic imine (C=N–C) groups is 1. The van der Waals surface area contributed by atoms with Crippen molar-refractivity contribution in [3.05, 3.63) is 41.1 Å². The van der Waals surface area contributed by atoms with Gasteiger partial charge in [0, 0.05) is 38.1 Å². The highest BCUT2D eigenvalue weighted by atomic mass is 127. The average molecular weight is 572 g/mol. The van der Waals surface area contributed by atoms with E-state index in [0.717, 1.165) is 62.4 Å². The Morgan fingerprint density at radius 3 is 2.45 bits per heavy atom. The predicted octanol–water partition coefficient (Wildman–Crippen LogP) is 3.72. The summed E-state index contributed by atoms with van der Waals surface area (Å²) in [6.07, 6.45) is 2.80.